The summed E-state index contributed by atoms with van der Waals surface area (Å²) in [7, 11) is 0. The van der Waals surface area contributed by atoms with Crippen molar-refractivity contribution in [1.82, 2.24) is 9.78 Å². The molecule has 1 aromatic rings. The van der Waals surface area contributed by atoms with Crippen molar-refractivity contribution >= 4 is 11.6 Å². The monoisotopic (exact) mass is 271 g/mol. The molecule has 102 valence electrons. The van der Waals surface area contributed by atoms with Crippen LogP contribution in [0.1, 0.15) is 57.3 Å². The maximum Gasteiger partial charge on any atom is 0.0834 e. The Balaban J connectivity index is 2.07. The van der Waals surface area contributed by atoms with Crippen LogP contribution < -0.4 is 5.73 Å². The van der Waals surface area contributed by atoms with Crippen LogP contribution in [-0.2, 0) is 4.74 Å². The van der Waals surface area contributed by atoms with Gasteiger partial charge < -0.3 is 10.5 Å². The predicted octanol–water partition coefficient (Wildman–Crippen LogP) is 3.08. The highest BCUT2D eigenvalue weighted by Crippen LogP contribution is 2.29. The summed E-state index contributed by atoms with van der Waals surface area (Å²) in [6.07, 6.45) is 6.25. The molecule has 0 radical (unpaired) electrons. The van der Waals surface area contributed by atoms with Gasteiger partial charge in [0.15, 0.2) is 0 Å². The molecule has 1 aliphatic rings. The molecule has 0 amide bonds. The summed E-state index contributed by atoms with van der Waals surface area (Å²) in [6.45, 7) is 5.02. The van der Waals surface area contributed by atoms with E-state index in [1.165, 1.54) is 6.42 Å². The normalized spacial score (nSPS) is 22.4. The number of aromatic nitrogens is 2. The second-order valence-corrected chi connectivity index (χ2v) is 5.65. The lowest BCUT2D eigenvalue weighted by Crippen LogP contribution is -2.27. The molecule has 0 aromatic carbocycles. The molecule has 5 heteroatoms. The van der Waals surface area contributed by atoms with Gasteiger partial charge in [0.2, 0.25) is 0 Å². The number of halogens is 1. The van der Waals surface area contributed by atoms with Gasteiger partial charge in [-0.3, -0.25) is 4.68 Å². The lowest BCUT2D eigenvalue weighted by Gasteiger charge is -2.26. The molecule has 4 nitrogen and oxygen atoms in total. The topological polar surface area (TPSA) is 53.1 Å². The fourth-order valence-electron chi connectivity index (χ4n) is 2.50. The standard InChI is InChI=1S/C13H22ClN3O/c1-9(2)17-13(11(14)8-16-17)12(15)7-10-5-3-4-6-18-10/h8-10,12H,3-7,15H2,1-2H3. The molecule has 0 aliphatic carbocycles. The summed E-state index contributed by atoms with van der Waals surface area (Å²) in [4.78, 5) is 0. The van der Waals surface area contributed by atoms with Crippen LogP contribution in [0.3, 0.4) is 0 Å². The number of ether oxygens (including phenoxy) is 1. The third-order valence-corrected chi connectivity index (χ3v) is 3.71. The van der Waals surface area contributed by atoms with Crippen LogP contribution in [0.4, 0.5) is 0 Å². The highest BCUT2D eigenvalue weighted by molar-refractivity contribution is 6.31. The second kappa shape index (κ2) is 6.04. The first kappa shape index (κ1) is 13.8. The Bertz CT molecular complexity index is 386. The van der Waals surface area contributed by atoms with Crippen molar-refractivity contribution in [2.45, 2.75) is 57.7 Å². The van der Waals surface area contributed by atoms with Gasteiger partial charge in [-0.2, -0.15) is 5.10 Å². The first-order valence-electron chi connectivity index (χ1n) is 6.69. The van der Waals surface area contributed by atoms with Crippen molar-refractivity contribution in [3.63, 3.8) is 0 Å². The molecule has 1 aliphatic heterocycles. The van der Waals surface area contributed by atoms with Crippen LogP contribution in [0.5, 0.6) is 0 Å². The first-order valence-corrected chi connectivity index (χ1v) is 7.07. The minimum absolute atomic E-state index is 0.106. The molecule has 2 N–H and O–H groups in total. The van der Waals surface area contributed by atoms with E-state index in [0.717, 1.165) is 31.6 Å². The third-order valence-electron chi connectivity index (χ3n) is 3.42. The molecule has 1 saturated heterocycles. The van der Waals surface area contributed by atoms with Crippen LogP contribution in [-0.4, -0.2) is 22.5 Å². The van der Waals surface area contributed by atoms with E-state index in [0.29, 0.717) is 5.02 Å². The number of nitrogens with zero attached hydrogens (tertiary/aromatic N) is 2. The van der Waals surface area contributed by atoms with Crippen molar-refractivity contribution in [2.75, 3.05) is 6.61 Å². The van der Waals surface area contributed by atoms with E-state index in [-0.39, 0.29) is 18.2 Å². The van der Waals surface area contributed by atoms with E-state index in [2.05, 4.69) is 18.9 Å². The highest BCUT2D eigenvalue weighted by Gasteiger charge is 2.23. The second-order valence-electron chi connectivity index (χ2n) is 5.25. The van der Waals surface area contributed by atoms with E-state index in [1.807, 2.05) is 4.68 Å². The van der Waals surface area contributed by atoms with Gasteiger partial charge in [0.1, 0.15) is 0 Å². The average Bonchev–Trinajstić information content (AvgIpc) is 2.72. The maximum absolute atomic E-state index is 6.28. The Morgan fingerprint density at radius 2 is 2.33 bits per heavy atom. The van der Waals surface area contributed by atoms with Gasteiger partial charge in [-0.15, -0.1) is 0 Å². The molecule has 0 bridgehead atoms. The zero-order chi connectivity index (χ0) is 13.1. The fourth-order valence-corrected chi connectivity index (χ4v) is 2.77. The van der Waals surface area contributed by atoms with Gasteiger partial charge in [0, 0.05) is 12.6 Å². The van der Waals surface area contributed by atoms with Gasteiger partial charge in [-0.05, 0) is 39.5 Å². The molecule has 0 saturated carbocycles. The zero-order valence-corrected chi connectivity index (χ0v) is 11.9. The summed E-state index contributed by atoms with van der Waals surface area (Å²) in [5.41, 5.74) is 7.22. The maximum atomic E-state index is 6.28. The Kier molecular flexibility index (Phi) is 4.65. The van der Waals surface area contributed by atoms with Crippen LogP contribution in [0.25, 0.3) is 0 Å². The minimum Gasteiger partial charge on any atom is -0.378 e. The quantitative estimate of drug-likeness (QED) is 0.916. The number of rotatable bonds is 4. The first-order chi connectivity index (χ1) is 8.59. The van der Waals surface area contributed by atoms with Crippen LogP contribution in [0.15, 0.2) is 6.20 Å². The summed E-state index contributed by atoms with van der Waals surface area (Å²) in [6, 6.07) is 0.163. The smallest absolute Gasteiger partial charge is 0.0834 e. The van der Waals surface area contributed by atoms with E-state index < -0.39 is 0 Å². The van der Waals surface area contributed by atoms with Crippen LogP contribution in [0.2, 0.25) is 5.02 Å². The van der Waals surface area contributed by atoms with E-state index in [4.69, 9.17) is 22.1 Å². The summed E-state index contributed by atoms with van der Waals surface area (Å²) in [5.74, 6) is 0. The van der Waals surface area contributed by atoms with Gasteiger partial charge >= 0.3 is 0 Å². The van der Waals surface area contributed by atoms with Gasteiger partial charge in [0.25, 0.3) is 0 Å². The molecule has 18 heavy (non-hydrogen) atoms. The fraction of sp³-hybridized carbons (Fsp3) is 0.769. The van der Waals surface area contributed by atoms with E-state index in [1.54, 1.807) is 6.20 Å². The predicted molar refractivity (Wildman–Crippen MR) is 72.8 cm³/mol. The number of hydrogen-bond acceptors (Lipinski definition) is 3. The lowest BCUT2D eigenvalue weighted by atomic mass is 10.0. The molecule has 1 aromatic heterocycles. The minimum atomic E-state index is -0.106. The van der Waals surface area contributed by atoms with Crippen molar-refractivity contribution in [3.05, 3.63) is 16.9 Å². The molecule has 2 atom stereocenters. The number of hydrogen-bond donors (Lipinski definition) is 1. The Morgan fingerprint density at radius 3 is 2.94 bits per heavy atom. The Morgan fingerprint density at radius 1 is 1.56 bits per heavy atom. The van der Waals surface area contributed by atoms with Crippen LogP contribution in [0, 0.1) is 0 Å². The van der Waals surface area contributed by atoms with Gasteiger partial charge in [-0.25, -0.2) is 0 Å². The largest absolute Gasteiger partial charge is 0.378 e. The number of nitrogens with two attached hydrogens (primary N) is 1. The van der Waals surface area contributed by atoms with Crippen molar-refractivity contribution in [2.24, 2.45) is 5.73 Å². The lowest BCUT2D eigenvalue weighted by molar-refractivity contribution is 0.00681. The third kappa shape index (κ3) is 3.05. The van der Waals surface area contributed by atoms with Gasteiger partial charge in [0.05, 0.1) is 29.1 Å². The Labute approximate surface area is 113 Å². The molecule has 2 rings (SSSR count). The molecule has 1 fully saturated rings. The zero-order valence-electron chi connectivity index (χ0n) is 11.1. The SMILES string of the molecule is CC(C)n1ncc(Cl)c1C(N)CC1CCCCO1. The Hall–Kier alpha value is -0.580. The van der Waals surface area contributed by atoms with E-state index >= 15 is 0 Å². The van der Waals surface area contributed by atoms with Crippen molar-refractivity contribution in [3.8, 4) is 0 Å². The summed E-state index contributed by atoms with van der Waals surface area (Å²) in [5, 5.41) is 4.95. The van der Waals surface area contributed by atoms with E-state index in [9.17, 15) is 0 Å². The molecule has 2 unspecified atom stereocenters. The highest BCUT2D eigenvalue weighted by atomic mass is 35.5. The summed E-state index contributed by atoms with van der Waals surface area (Å²) >= 11 is 6.20. The van der Waals surface area contributed by atoms with Crippen LogP contribution >= 0.6 is 11.6 Å². The molecule has 2 heterocycles. The molecular formula is C13H22ClN3O. The average molecular weight is 272 g/mol. The molecule has 0 spiro atoms. The van der Waals surface area contributed by atoms with Gasteiger partial charge in [-0.1, -0.05) is 11.6 Å². The van der Waals surface area contributed by atoms with Crippen molar-refractivity contribution in [1.29, 1.82) is 0 Å². The van der Waals surface area contributed by atoms with Crippen molar-refractivity contribution < 1.29 is 4.74 Å². The summed E-state index contributed by atoms with van der Waals surface area (Å²) < 4.78 is 7.65. The molecular weight excluding hydrogens is 250 g/mol.